The number of rotatable bonds is 4. The summed E-state index contributed by atoms with van der Waals surface area (Å²) < 4.78 is 0. The second-order valence-electron chi connectivity index (χ2n) is 4.39. The number of hydrogen-bond donors (Lipinski definition) is 1. The smallest absolute Gasteiger partial charge is 0.0291 e. The van der Waals surface area contributed by atoms with Crippen molar-refractivity contribution >= 4 is 0 Å². The zero-order valence-corrected chi connectivity index (χ0v) is 8.83. The molecular formula is C11H21N. The van der Waals surface area contributed by atoms with Gasteiger partial charge in [0, 0.05) is 12.7 Å². The van der Waals surface area contributed by atoms with Crippen molar-refractivity contribution in [2.24, 2.45) is 5.41 Å². The summed E-state index contributed by atoms with van der Waals surface area (Å²) in [6.45, 7) is 14.5. The molecule has 1 heteroatoms. The molecule has 0 aromatic rings. The van der Waals surface area contributed by atoms with Gasteiger partial charge in [-0.2, -0.15) is 0 Å². The van der Waals surface area contributed by atoms with Crippen LogP contribution in [0.4, 0.5) is 0 Å². The normalized spacial score (nSPS) is 11.0. The molecule has 0 heterocycles. The molecule has 0 spiro atoms. The SMILES string of the molecule is C=C(CCC(C)(C)C)C(=C)NC. The van der Waals surface area contributed by atoms with Gasteiger partial charge in [-0.15, -0.1) is 0 Å². The van der Waals surface area contributed by atoms with Gasteiger partial charge in [-0.25, -0.2) is 0 Å². The van der Waals surface area contributed by atoms with E-state index in [2.05, 4.69) is 39.2 Å². The van der Waals surface area contributed by atoms with Crippen molar-refractivity contribution in [1.29, 1.82) is 0 Å². The molecule has 12 heavy (non-hydrogen) atoms. The first-order valence-corrected chi connectivity index (χ1v) is 4.41. The van der Waals surface area contributed by atoms with Gasteiger partial charge in [-0.1, -0.05) is 33.9 Å². The summed E-state index contributed by atoms with van der Waals surface area (Å²) in [6.07, 6.45) is 2.19. The number of likely N-dealkylation sites (N-methyl/N-ethyl adjacent to an activating group) is 1. The topological polar surface area (TPSA) is 12.0 Å². The molecule has 0 aliphatic carbocycles. The lowest BCUT2D eigenvalue weighted by Crippen LogP contribution is -2.09. The van der Waals surface area contributed by atoms with Gasteiger partial charge in [0.25, 0.3) is 0 Å². The maximum absolute atomic E-state index is 3.97. The number of hydrogen-bond acceptors (Lipinski definition) is 1. The van der Waals surface area contributed by atoms with Crippen LogP contribution in [0.3, 0.4) is 0 Å². The summed E-state index contributed by atoms with van der Waals surface area (Å²) in [6, 6.07) is 0. The Morgan fingerprint density at radius 3 is 2.08 bits per heavy atom. The van der Waals surface area contributed by atoms with Crippen LogP contribution in [-0.2, 0) is 0 Å². The minimum atomic E-state index is 0.386. The lowest BCUT2D eigenvalue weighted by atomic mass is 9.88. The van der Waals surface area contributed by atoms with Crippen LogP contribution in [-0.4, -0.2) is 7.05 Å². The number of nitrogens with one attached hydrogen (secondary N) is 1. The van der Waals surface area contributed by atoms with E-state index in [0.717, 1.165) is 24.1 Å². The minimum Gasteiger partial charge on any atom is -0.388 e. The summed E-state index contributed by atoms with van der Waals surface area (Å²) in [4.78, 5) is 0. The van der Waals surface area contributed by atoms with Crippen LogP contribution in [0.2, 0.25) is 0 Å². The molecular weight excluding hydrogens is 146 g/mol. The van der Waals surface area contributed by atoms with E-state index in [1.807, 2.05) is 7.05 Å². The standard InChI is InChI=1S/C11H21N/c1-9(10(2)12-6)7-8-11(3,4)5/h12H,1-2,7-8H2,3-6H3. The van der Waals surface area contributed by atoms with Crippen LogP contribution < -0.4 is 5.32 Å². The highest BCUT2D eigenvalue weighted by Gasteiger charge is 2.10. The average Bonchev–Trinajstić information content (AvgIpc) is 1.97. The van der Waals surface area contributed by atoms with Gasteiger partial charge in [-0.05, 0) is 23.8 Å². The van der Waals surface area contributed by atoms with Crippen molar-refractivity contribution in [2.75, 3.05) is 7.05 Å². The molecule has 0 bridgehead atoms. The minimum absolute atomic E-state index is 0.386. The first kappa shape index (κ1) is 11.3. The lowest BCUT2D eigenvalue weighted by molar-refractivity contribution is 0.378. The largest absolute Gasteiger partial charge is 0.388 e. The van der Waals surface area contributed by atoms with Crippen molar-refractivity contribution in [3.8, 4) is 0 Å². The van der Waals surface area contributed by atoms with Crippen LogP contribution in [0.15, 0.2) is 24.4 Å². The van der Waals surface area contributed by atoms with E-state index in [4.69, 9.17) is 0 Å². The molecule has 0 saturated heterocycles. The molecule has 0 aromatic carbocycles. The van der Waals surface area contributed by atoms with Crippen molar-refractivity contribution in [2.45, 2.75) is 33.6 Å². The van der Waals surface area contributed by atoms with Crippen molar-refractivity contribution < 1.29 is 0 Å². The maximum atomic E-state index is 3.97. The van der Waals surface area contributed by atoms with E-state index in [9.17, 15) is 0 Å². The van der Waals surface area contributed by atoms with Crippen molar-refractivity contribution in [3.05, 3.63) is 24.4 Å². The van der Waals surface area contributed by atoms with Crippen LogP contribution >= 0.6 is 0 Å². The third kappa shape index (κ3) is 5.00. The summed E-state index contributed by atoms with van der Waals surface area (Å²) >= 11 is 0. The second-order valence-corrected chi connectivity index (χ2v) is 4.39. The summed E-state index contributed by atoms with van der Waals surface area (Å²) in [5, 5.41) is 3.01. The molecule has 0 unspecified atom stereocenters. The predicted octanol–water partition coefficient (Wildman–Crippen LogP) is 3.10. The zero-order chi connectivity index (χ0) is 9.78. The van der Waals surface area contributed by atoms with Crippen molar-refractivity contribution in [1.82, 2.24) is 5.32 Å². The molecule has 0 rings (SSSR count). The van der Waals surface area contributed by atoms with E-state index in [1.165, 1.54) is 0 Å². The highest BCUT2D eigenvalue weighted by molar-refractivity contribution is 5.22. The molecule has 1 N–H and O–H groups in total. The number of allylic oxidation sites excluding steroid dienone is 1. The highest BCUT2D eigenvalue weighted by atomic mass is 14.8. The molecule has 0 fully saturated rings. The Morgan fingerprint density at radius 2 is 1.75 bits per heavy atom. The molecule has 0 saturated carbocycles. The Hall–Kier alpha value is -0.720. The van der Waals surface area contributed by atoms with Crippen LogP contribution in [0.5, 0.6) is 0 Å². The van der Waals surface area contributed by atoms with E-state index in [-0.39, 0.29) is 0 Å². The summed E-state index contributed by atoms with van der Waals surface area (Å²) in [5.74, 6) is 0. The van der Waals surface area contributed by atoms with Gasteiger partial charge in [0.05, 0.1) is 0 Å². The van der Waals surface area contributed by atoms with Gasteiger partial charge < -0.3 is 5.32 Å². The molecule has 1 nitrogen and oxygen atoms in total. The van der Waals surface area contributed by atoms with Gasteiger partial charge in [0.15, 0.2) is 0 Å². The quantitative estimate of drug-likeness (QED) is 0.634. The Bertz CT molecular complexity index is 172. The summed E-state index contributed by atoms with van der Waals surface area (Å²) in [5.41, 5.74) is 2.46. The Morgan fingerprint density at radius 1 is 1.25 bits per heavy atom. The fourth-order valence-electron chi connectivity index (χ4n) is 0.854. The molecule has 0 radical (unpaired) electrons. The van der Waals surface area contributed by atoms with Gasteiger partial charge in [-0.3, -0.25) is 0 Å². The predicted molar refractivity (Wildman–Crippen MR) is 56.0 cm³/mol. The highest BCUT2D eigenvalue weighted by Crippen LogP contribution is 2.24. The average molecular weight is 167 g/mol. The molecule has 0 aromatic heterocycles. The third-order valence-corrected chi connectivity index (χ3v) is 1.91. The zero-order valence-electron chi connectivity index (χ0n) is 8.83. The fourth-order valence-corrected chi connectivity index (χ4v) is 0.854. The molecule has 0 amide bonds. The summed E-state index contributed by atoms with van der Waals surface area (Å²) in [7, 11) is 1.88. The second kappa shape index (κ2) is 4.34. The van der Waals surface area contributed by atoms with Crippen molar-refractivity contribution in [3.63, 3.8) is 0 Å². The van der Waals surface area contributed by atoms with Crippen LogP contribution in [0, 0.1) is 5.41 Å². The van der Waals surface area contributed by atoms with E-state index >= 15 is 0 Å². The van der Waals surface area contributed by atoms with Gasteiger partial charge in [0.2, 0.25) is 0 Å². The van der Waals surface area contributed by atoms with E-state index in [0.29, 0.717) is 5.41 Å². The Labute approximate surface area is 76.6 Å². The first-order chi connectivity index (χ1) is 5.37. The monoisotopic (exact) mass is 167 g/mol. The van der Waals surface area contributed by atoms with Crippen LogP contribution in [0.1, 0.15) is 33.6 Å². The Balaban J connectivity index is 3.80. The maximum Gasteiger partial charge on any atom is 0.0291 e. The Kier molecular flexibility index (Phi) is 4.08. The molecule has 0 aliphatic rings. The molecule has 0 atom stereocenters. The molecule has 0 aliphatic heterocycles. The molecule has 70 valence electrons. The van der Waals surface area contributed by atoms with E-state index < -0.39 is 0 Å². The van der Waals surface area contributed by atoms with Crippen LogP contribution in [0.25, 0.3) is 0 Å². The van der Waals surface area contributed by atoms with E-state index in [1.54, 1.807) is 0 Å². The van der Waals surface area contributed by atoms with Gasteiger partial charge >= 0.3 is 0 Å². The van der Waals surface area contributed by atoms with Gasteiger partial charge in [0.1, 0.15) is 0 Å². The lowest BCUT2D eigenvalue weighted by Gasteiger charge is -2.19. The third-order valence-electron chi connectivity index (χ3n) is 1.91. The first-order valence-electron chi connectivity index (χ1n) is 4.41. The fraction of sp³-hybridized carbons (Fsp3) is 0.636.